The summed E-state index contributed by atoms with van der Waals surface area (Å²) in [6.45, 7) is 4.12. The quantitative estimate of drug-likeness (QED) is 0.409. The van der Waals surface area contributed by atoms with Gasteiger partial charge in [0.2, 0.25) is 0 Å². The molecule has 3 nitrogen and oxygen atoms in total. The Morgan fingerprint density at radius 1 is 1.56 bits per heavy atom. The number of methoxy groups -OCH3 is 1. The molecular formula is C6H11O3. The fraction of sp³-hybridized carbons (Fsp3) is 0.667. The van der Waals surface area contributed by atoms with Crippen LogP contribution in [-0.4, -0.2) is 26.3 Å². The van der Waals surface area contributed by atoms with Gasteiger partial charge >= 0.3 is 5.97 Å². The van der Waals surface area contributed by atoms with Gasteiger partial charge in [0, 0.05) is 13.5 Å². The molecule has 0 aromatic rings. The van der Waals surface area contributed by atoms with Gasteiger partial charge < -0.3 is 9.47 Å². The maximum atomic E-state index is 10.3. The van der Waals surface area contributed by atoms with Crippen molar-refractivity contribution >= 4 is 5.97 Å². The minimum atomic E-state index is -0.285. The highest BCUT2D eigenvalue weighted by Crippen LogP contribution is 1.82. The summed E-state index contributed by atoms with van der Waals surface area (Å²) in [5, 5.41) is 0. The lowest BCUT2D eigenvalue weighted by atomic mass is 10.5. The molecule has 0 aromatic carbocycles. The number of ether oxygens (including phenoxy) is 2. The van der Waals surface area contributed by atoms with Crippen LogP contribution in [0, 0.1) is 6.92 Å². The number of carbonyl (C=O) groups excluding carboxylic acids is 1. The Morgan fingerprint density at radius 3 is 2.67 bits per heavy atom. The molecule has 0 aliphatic rings. The van der Waals surface area contributed by atoms with E-state index in [0.29, 0.717) is 13.2 Å². The summed E-state index contributed by atoms with van der Waals surface area (Å²) < 4.78 is 9.24. The van der Waals surface area contributed by atoms with Crippen LogP contribution >= 0.6 is 0 Å². The van der Waals surface area contributed by atoms with Gasteiger partial charge in [-0.05, 0) is 6.92 Å². The van der Waals surface area contributed by atoms with E-state index in [4.69, 9.17) is 0 Å². The number of esters is 1. The lowest BCUT2D eigenvalue weighted by Crippen LogP contribution is -2.07. The van der Waals surface area contributed by atoms with Gasteiger partial charge in [-0.15, -0.1) is 0 Å². The summed E-state index contributed by atoms with van der Waals surface area (Å²) in [6.07, 6.45) is 0.184. The second-order valence-electron chi connectivity index (χ2n) is 1.46. The molecule has 0 unspecified atom stereocenters. The zero-order chi connectivity index (χ0) is 7.11. The Bertz CT molecular complexity index is 80.4. The molecule has 0 bridgehead atoms. The van der Waals surface area contributed by atoms with Crippen LogP contribution < -0.4 is 0 Å². The Kier molecular flexibility index (Phi) is 5.21. The Labute approximate surface area is 55.0 Å². The van der Waals surface area contributed by atoms with Crippen LogP contribution in [0.25, 0.3) is 0 Å². The van der Waals surface area contributed by atoms with E-state index in [2.05, 4.69) is 16.4 Å². The molecule has 0 spiro atoms. The van der Waals surface area contributed by atoms with Gasteiger partial charge in [-0.3, -0.25) is 4.79 Å². The highest BCUT2D eigenvalue weighted by Gasteiger charge is 1.94. The smallest absolute Gasteiger partial charge is 0.305 e. The molecule has 1 radical (unpaired) electrons. The van der Waals surface area contributed by atoms with Crippen molar-refractivity contribution in [2.45, 2.75) is 6.42 Å². The average Bonchev–Trinajstić information content (AvgIpc) is 1.89. The van der Waals surface area contributed by atoms with Crippen molar-refractivity contribution < 1.29 is 14.3 Å². The first-order valence-electron chi connectivity index (χ1n) is 2.75. The molecule has 9 heavy (non-hydrogen) atoms. The van der Waals surface area contributed by atoms with E-state index in [0.717, 1.165) is 0 Å². The zero-order valence-corrected chi connectivity index (χ0v) is 5.55. The highest BCUT2D eigenvalue weighted by molar-refractivity contribution is 5.69. The van der Waals surface area contributed by atoms with E-state index in [1.807, 2.05) is 0 Å². The van der Waals surface area contributed by atoms with Crippen molar-refractivity contribution in [2.24, 2.45) is 0 Å². The van der Waals surface area contributed by atoms with Crippen LogP contribution in [0.5, 0.6) is 0 Å². The van der Waals surface area contributed by atoms with Gasteiger partial charge in [0.1, 0.15) is 6.61 Å². The summed E-state index contributed by atoms with van der Waals surface area (Å²) in [4.78, 5) is 10.3. The van der Waals surface area contributed by atoms with Gasteiger partial charge in [0.25, 0.3) is 0 Å². The number of hydrogen-bond donors (Lipinski definition) is 0. The molecule has 0 N–H and O–H groups in total. The van der Waals surface area contributed by atoms with Crippen molar-refractivity contribution in [3.05, 3.63) is 6.92 Å². The van der Waals surface area contributed by atoms with E-state index in [-0.39, 0.29) is 12.4 Å². The van der Waals surface area contributed by atoms with Crippen LogP contribution in [0.1, 0.15) is 6.42 Å². The van der Waals surface area contributed by atoms with E-state index in [1.54, 1.807) is 7.11 Å². The number of hydrogen-bond acceptors (Lipinski definition) is 3. The van der Waals surface area contributed by atoms with Gasteiger partial charge in [-0.2, -0.15) is 0 Å². The summed E-state index contributed by atoms with van der Waals surface area (Å²) >= 11 is 0. The summed E-state index contributed by atoms with van der Waals surface area (Å²) in [5.74, 6) is -0.285. The minimum Gasteiger partial charge on any atom is -0.463 e. The first kappa shape index (κ1) is 8.43. The molecule has 0 heterocycles. The minimum absolute atomic E-state index is 0.184. The first-order chi connectivity index (χ1) is 4.31. The molecule has 0 atom stereocenters. The second-order valence-corrected chi connectivity index (χ2v) is 1.46. The van der Waals surface area contributed by atoms with Gasteiger partial charge in [-0.1, -0.05) is 0 Å². The van der Waals surface area contributed by atoms with Gasteiger partial charge in [-0.25, -0.2) is 0 Å². The topological polar surface area (TPSA) is 35.5 Å². The summed E-state index contributed by atoms with van der Waals surface area (Å²) in [6, 6.07) is 0. The Hall–Kier alpha value is -0.570. The normalized spacial score (nSPS) is 9.11. The lowest BCUT2D eigenvalue weighted by Gasteiger charge is -1.99. The molecule has 3 heteroatoms. The predicted octanol–water partition coefficient (Wildman–Crippen LogP) is 0.400. The summed E-state index contributed by atoms with van der Waals surface area (Å²) in [7, 11) is 1.55. The highest BCUT2D eigenvalue weighted by atomic mass is 16.6. The van der Waals surface area contributed by atoms with Crippen molar-refractivity contribution in [1.82, 2.24) is 0 Å². The van der Waals surface area contributed by atoms with Crippen LogP contribution in [0.3, 0.4) is 0 Å². The number of rotatable bonds is 4. The summed E-state index contributed by atoms with van der Waals surface area (Å²) in [5.41, 5.74) is 0. The van der Waals surface area contributed by atoms with E-state index >= 15 is 0 Å². The lowest BCUT2D eigenvalue weighted by molar-refractivity contribution is -0.143. The molecule has 0 aromatic heterocycles. The van der Waals surface area contributed by atoms with Gasteiger partial charge in [0.15, 0.2) is 0 Å². The Balaban J connectivity index is 2.97. The largest absolute Gasteiger partial charge is 0.463 e. The predicted molar refractivity (Wildman–Crippen MR) is 32.8 cm³/mol. The van der Waals surface area contributed by atoms with Crippen molar-refractivity contribution in [1.29, 1.82) is 0 Å². The SMILES string of the molecule is [CH2]CC(=O)OCCOC. The average molecular weight is 131 g/mol. The van der Waals surface area contributed by atoms with Crippen LogP contribution in [0.2, 0.25) is 0 Å². The molecule has 0 rings (SSSR count). The van der Waals surface area contributed by atoms with Crippen LogP contribution in [0.4, 0.5) is 0 Å². The molecule has 0 aliphatic heterocycles. The third-order valence-electron chi connectivity index (χ3n) is 0.755. The maximum Gasteiger partial charge on any atom is 0.305 e. The Morgan fingerprint density at radius 2 is 2.22 bits per heavy atom. The fourth-order valence-corrected chi connectivity index (χ4v) is 0.311. The molecule has 0 fully saturated rings. The monoisotopic (exact) mass is 131 g/mol. The third kappa shape index (κ3) is 5.30. The van der Waals surface area contributed by atoms with Crippen molar-refractivity contribution in [3.8, 4) is 0 Å². The van der Waals surface area contributed by atoms with E-state index < -0.39 is 0 Å². The standard InChI is InChI=1S/C6H11O3/c1-3-6(7)9-5-4-8-2/h1,3-5H2,2H3. The molecule has 0 amide bonds. The molecule has 53 valence electrons. The fourth-order valence-electron chi connectivity index (χ4n) is 0.311. The first-order valence-corrected chi connectivity index (χ1v) is 2.75. The second kappa shape index (κ2) is 5.56. The molecular weight excluding hydrogens is 120 g/mol. The van der Waals surface area contributed by atoms with E-state index in [9.17, 15) is 4.79 Å². The molecule has 0 saturated carbocycles. The van der Waals surface area contributed by atoms with Crippen LogP contribution in [-0.2, 0) is 14.3 Å². The van der Waals surface area contributed by atoms with Crippen molar-refractivity contribution in [3.63, 3.8) is 0 Å². The maximum absolute atomic E-state index is 10.3. The van der Waals surface area contributed by atoms with Crippen molar-refractivity contribution in [2.75, 3.05) is 20.3 Å². The zero-order valence-electron chi connectivity index (χ0n) is 5.55. The van der Waals surface area contributed by atoms with E-state index in [1.165, 1.54) is 0 Å². The van der Waals surface area contributed by atoms with Gasteiger partial charge in [0.05, 0.1) is 6.61 Å². The van der Waals surface area contributed by atoms with Crippen LogP contribution in [0.15, 0.2) is 0 Å². The number of carbonyl (C=O) groups is 1. The third-order valence-corrected chi connectivity index (χ3v) is 0.755. The molecule has 0 saturated heterocycles. The molecule has 0 aliphatic carbocycles.